The van der Waals surface area contributed by atoms with E-state index < -0.39 is 11.6 Å². The molecule has 0 bridgehead atoms. The normalized spacial score (nSPS) is 14.7. The molecule has 1 unspecified atom stereocenters. The molecule has 0 saturated carbocycles. The van der Waals surface area contributed by atoms with Crippen molar-refractivity contribution >= 4 is 5.97 Å². The van der Waals surface area contributed by atoms with E-state index in [0.29, 0.717) is 11.1 Å². The van der Waals surface area contributed by atoms with Gasteiger partial charge in [-0.2, -0.15) is 0 Å². The Morgan fingerprint density at radius 3 is 2.60 bits per heavy atom. The van der Waals surface area contributed by atoms with Crippen LogP contribution in [-0.4, -0.2) is 21.8 Å². The first kappa shape index (κ1) is 11.7. The summed E-state index contributed by atoms with van der Waals surface area (Å²) in [5.41, 5.74) is -0.778. The summed E-state index contributed by atoms with van der Waals surface area (Å²) < 4.78 is 12.9. The molecule has 0 aliphatic heterocycles. The average Bonchev–Trinajstić information content (AvgIpc) is 2.10. The molecule has 1 aromatic carbocycles. The zero-order valence-electron chi connectivity index (χ0n) is 8.62. The molecule has 0 heterocycles. The summed E-state index contributed by atoms with van der Waals surface area (Å²) in [6, 6.07) is 4.27. The van der Waals surface area contributed by atoms with Crippen molar-refractivity contribution in [1.29, 1.82) is 0 Å². The highest BCUT2D eigenvalue weighted by Crippen LogP contribution is 2.16. The molecular weight excluding hydrogens is 199 g/mol. The molecule has 0 amide bonds. The van der Waals surface area contributed by atoms with Gasteiger partial charge < -0.3 is 10.2 Å². The predicted molar refractivity (Wildman–Crippen MR) is 53.1 cm³/mol. The highest BCUT2D eigenvalue weighted by molar-refractivity contribution is 5.76. The third kappa shape index (κ3) is 2.76. The van der Waals surface area contributed by atoms with E-state index in [-0.39, 0.29) is 12.2 Å². The van der Waals surface area contributed by atoms with Gasteiger partial charge in [0.2, 0.25) is 0 Å². The molecule has 1 atom stereocenters. The minimum atomic E-state index is -1.82. The second kappa shape index (κ2) is 3.98. The molecule has 2 N–H and O–H groups in total. The molecule has 0 aromatic heterocycles. The van der Waals surface area contributed by atoms with E-state index >= 15 is 0 Å². The molecule has 0 radical (unpaired) electrons. The Kier molecular flexibility index (Phi) is 3.09. The third-order valence-corrected chi connectivity index (χ3v) is 2.23. The zero-order valence-corrected chi connectivity index (χ0v) is 8.62. The van der Waals surface area contributed by atoms with E-state index in [2.05, 4.69) is 0 Å². The molecule has 1 aromatic rings. The number of aliphatic hydroxyl groups is 1. The minimum Gasteiger partial charge on any atom is -0.479 e. The largest absolute Gasteiger partial charge is 0.479 e. The van der Waals surface area contributed by atoms with Gasteiger partial charge in [-0.3, -0.25) is 0 Å². The maximum Gasteiger partial charge on any atom is 0.335 e. The van der Waals surface area contributed by atoms with Crippen LogP contribution in [-0.2, 0) is 11.2 Å². The minimum absolute atomic E-state index is 0.0382. The van der Waals surface area contributed by atoms with E-state index in [0.717, 1.165) is 0 Å². The second-order valence-electron chi connectivity index (χ2n) is 3.84. The predicted octanol–water partition coefficient (Wildman–Crippen LogP) is 1.51. The number of carbonyl (C=O) groups is 1. The lowest BCUT2D eigenvalue weighted by atomic mass is 9.96. The molecule has 0 spiro atoms. The van der Waals surface area contributed by atoms with Crippen molar-refractivity contribution in [1.82, 2.24) is 0 Å². The van der Waals surface area contributed by atoms with Gasteiger partial charge in [-0.15, -0.1) is 0 Å². The summed E-state index contributed by atoms with van der Waals surface area (Å²) in [6.07, 6.45) is -0.0382. The fourth-order valence-corrected chi connectivity index (χ4v) is 1.29. The highest BCUT2D eigenvalue weighted by Gasteiger charge is 2.30. The van der Waals surface area contributed by atoms with Crippen LogP contribution in [0.4, 0.5) is 4.39 Å². The molecule has 0 aliphatic carbocycles. The lowest BCUT2D eigenvalue weighted by Crippen LogP contribution is -2.37. The molecule has 1 rings (SSSR count). The topological polar surface area (TPSA) is 57.5 Å². The number of hydrogen-bond donors (Lipinski definition) is 2. The second-order valence-corrected chi connectivity index (χ2v) is 3.84. The molecule has 0 fully saturated rings. The van der Waals surface area contributed by atoms with Crippen LogP contribution in [0, 0.1) is 12.7 Å². The number of halogens is 1. The Hall–Kier alpha value is -1.42. The van der Waals surface area contributed by atoms with Gasteiger partial charge >= 0.3 is 5.97 Å². The maximum absolute atomic E-state index is 12.9. The van der Waals surface area contributed by atoms with Crippen molar-refractivity contribution in [2.24, 2.45) is 0 Å². The maximum atomic E-state index is 12.9. The van der Waals surface area contributed by atoms with Crippen molar-refractivity contribution in [2.45, 2.75) is 25.9 Å². The van der Waals surface area contributed by atoms with Gasteiger partial charge in [0.25, 0.3) is 0 Å². The fraction of sp³-hybridized carbons (Fsp3) is 0.364. The Labute approximate surface area is 87.2 Å². The summed E-state index contributed by atoms with van der Waals surface area (Å²) in [6.45, 7) is 2.81. The van der Waals surface area contributed by atoms with Crippen LogP contribution in [0.5, 0.6) is 0 Å². The van der Waals surface area contributed by atoms with Crippen LogP contribution in [0.2, 0.25) is 0 Å². The van der Waals surface area contributed by atoms with E-state index in [4.69, 9.17) is 5.11 Å². The smallest absolute Gasteiger partial charge is 0.335 e. The number of aliphatic carboxylic acids is 1. The Morgan fingerprint density at radius 2 is 2.13 bits per heavy atom. The first-order valence-electron chi connectivity index (χ1n) is 4.54. The van der Waals surface area contributed by atoms with Crippen molar-refractivity contribution < 1.29 is 19.4 Å². The molecule has 4 heteroatoms. The molecule has 15 heavy (non-hydrogen) atoms. The van der Waals surface area contributed by atoms with Crippen LogP contribution in [0.15, 0.2) is 18.2 Å². The van der Waals surface area contributed by atoms with E-state index in [1.54, 1.807) is 6.92 Å². The average molecular weight is 212 g/mol. The first-order chi connectivity index (χ1) is 6.83. The van der Waals surface area contributed by atoms with Crippen molar-refractivity contribution in [3.05, 3.63) is 35.1 Å². The van der Waals surface area contributed by atoms with Crippen molar-refractivity contribution in [3.8, 4) is 0 Å². The van der Waals surface area contributed by atoms with E-state index in [1.807, 2.05) is 0 Å². The van der Waals surface area contributed by atoms with Crippen molar-refractivity contribution in [3.63, 3.8) is 0 Å². The molecule has 0 aliphatic rings. The Morgan fingerprint density at radius 1 is 1.53 bits per heavy atom. The van der Waals surface area contributed by atoms with Gasteiger partial charge in [0.1, 0.15) is 5.82 Å². The first-order valence-corrected chi connectivity index (χ1v) is 4.54. The number of hydrogen-bond acceptors (Lipinski definition) is 2. The van der Waals surface area contributed by atoms with Gasteiger partial charge in [-0.05, 0) is 31.0 Å². The van der Waals surface area contributed by atoms with Gasteiger partial charge in [-0.1, -0.05) is 12.1 Å². The highest BCUT2D eigenvalue weighted by atomic mass is 19.1. The fourth-order valence-electron chi connectivity index (χ4n) is 1.29. The summed E-state index contributed by atoms with van der Waals surface area (Å²) >= 11 is 0. The standard InChI is InChI=1S/C11H13FO3/c1-7-5-8(3-4-9(7)12)6-11(2,15)10(13)14/h3-5,15H,6H2,1-2H3,(H,13,14). The Balaban J connectivity index is 2.91. The van der Waals surface area contributed by atoms with Crippen LogP contribution in [0.25, 0.3) is 0 Å². The molecule has 82 valence electrons. The summed E-state index contributed by atoms with van der Waals surface area (Å²) in [5.74, 6) is -1.63. The van der Waals surface area contributed by atoms with Gasteiger partial charge in [0, 0.05) is 6.42 Å². The number of benzene rings is 1. The van der Waals surface area contributed by atoms with Crippen LogP contribution < -0.4 is 0 Å². The van der Waals surface area contributed by atoms with Crippen LogP contribution in [0.1, 0.15) is 18.1 Å². The third-order valence-electron chi connectivity index (χ3n) is 2.23. The molecule has 0 saturated heterocycles. The van der Waals surface area contributed by atoms with Gasteiger partial charge in [0.15, 0.2) is 5.60 Å². The zero-order chi connectivity index (χ0) is 11.6. The monoisotopic (exact) mass is 212 g/mol. The SMILES string of the molecule is Cc1cc(CC(C)(O)C(=O)O)ccc1F. The number of carboxylic acid groups (broad SMARTS) is 1. The molecular formula is C11H13FO3. The Bertz CT molecular complexity index is 385. The summed E-state index contributed by atoms with van der Waals surface area (Å²) in [7, 11) is 0. The van der Waals surface area contributed by atoms with Crippen molar-refractivity contribution in [2.75, 3.05) is 0 Å². The van der Waals surface area contributed by atoms with Gasteiger partial charge in [-0.25, -0.2) is 9.18 Å². The molecule has 3 nitrogen and oxygen atoms in total. The quantitative estimate of drug-likeness (QED) is 0.798. The van der Waals surface area contributed by atoms with E-state index in [9.17, 15) is 14.3 Å². The van der Waals surface area contributed by atoms with Crippen LogP contribution >= 0.6 is 0 Å². The summed E-state index contributed by atoms with van der Waals surface area (Å²) in [4.78, 5) is 10.7. The van der Waals surface area contributed by atoms with Crippen LogP contribution in [0.3, 0.4) is 0 Å². The lowest BCUT2D eigenvalue weighted by molar-refractivity contribution is -0.156. The van der Waals surface area contributed by atoms with Gasteiger partial charge in [0.05, 0.1) is 0 Å². The number of carboxylic acids is 1. The van der Waals surface area contributed by atoms with E-state index in [1.165, 1.54) is 25.1 Å². The number of rotatable bonds is 3. The lowest BCUT2D eigenvalue weighted by Gasteiger charge is -2.17. The summed E-state index contributed by atoms with van der Waals surface area (Å²) in [5, 5.41) is 18.2. The number of aryl methyl sites for hydroxylation is 1.